The van der Waals surface area contributed by atoms with Gasteiger partial charge in [0.25, 0.3) is 0 Å². The average molecular weight is 378 g/mol. The molecule has 4 unspecified atom stereocenters. The summed E-state index contributed by atoms with van der Waals surface area (Å²) >= 11 is 0. The first-order chi connectivity index (χ1) is 13.5. The maximum Gasteiger partial charge on any atom is 0.139 e. The maximum atomic E-state index is 13.9. The number of Topliss-reactive ketones (excluding diaryl/α,β-unsaturated/α-hetero) is 1. The van der Waals surface area contributed by atoms with Crippen LogP contribution < -0.4 is 0 Å². The SMILES string of the molecule is CC12CC3CC(C(=O)C[C@@H]4CN5CCC4CC5)(C1)CC(c1ccccc1)(C3)C2. The topological polar surface area (TPSA) is 20.3 Å². The predicted molar refractivity (Wildman–Crippen MR) is 112 cm³/mol. The molecule has 0 amide bonds. The monoisotopic (exact) mass is 377 g/mol. The first-order valence-corrected chi connectivity index (χ1v) is 11.8. The Balaban J connectivity index is 1.31. The Hall–Kier alpha value is -1.15. The van der Waals surface area contributed by atoms with E-state index in [1.165, 1.54) is 70.1 Å². The van der Waals surface area contributed by atoms with Gasteiger partial charge in [-0.3, -0.25) is 4.79 Å². The van der Waals surface area contributed by atoms with E-state index in [2.05, 4.69) is 42.2 Å². The Morgan fingerprint density at radius 2 is 1.82 bits per heavy atom. The van der Waals surface area contributed by atoms with Gasteiger partial charge in [0.05, 0.1) is 0 Å². The first-order valence-electron chi connectivity index (χ1n) is 11.8. The Morgan fingerprint density at radius 1 is 1.04 bits per heavy atom. The molecule has 0 radical (unpaired) electrons. The van der Waals surface area contributed by atoms with E-state index in [9.17, 15) is 4.79 Å². The van der Waals surface area contributed by atoms with Crippen LogP contribution in [0.1, 0.15) is 70.3 Å². The largest absolute Gasteiger partial charge is 0.303 e. The van der Waals surface area contributed by atoms with Crippen LogP contribution >= 0.6 is 0 Å². The van der Waals surface area contributed by atoms with Crippen molar-refractivity contribution in [2.24, 2.45) is 28.6 Å². The fraction of sp³-hybridized carbons (Fsp3) is 0.731. The minimum atomic E-state index is -0.0178. The van der Waals surface area contributed by atoms with Crippen molar-refractivity contribution >= 4 is 5.78 Å². The van der Waals surface area contributed by atoms with Gasteiger partial charge >= 0.3 is 0 Å². The highest BCUT2D eigenvalue weighted by atomic mass is 16.1. The number of fused-ring (bicyclic) bond motifs is 3. The summed E-state index contributed by atoms with van der Waals surface area (Å²) in [5, 5.41) is 0. The molecule has 2 nitrogen and oxygen atoms in total. The van der Waals surface area contributed by atoms with E-state index >= 15 is 0 Å². The molecule has 4 aliphatic carbocycles. The summed E-state index contributed by atoms with van der Waals surface area (Å²) in [7, 11) is 0. The Labute approximate surface area is 170 Å². The third kappa shape index (κ3) is 2.59. The predicted octanol–water partition coefficient (Wildman–Crippen LogP) is 5.22. The minimum absolute atomic E-state index is 0.0178. The number of carbonyl (C=O) groups excluding carboxylic acids is 1. The van der Waals surface area contributed by atoms with Crippen molar-refractivity contribution in [3.63, 3.8) is 0 Å². The molecule has 3 heterocycles. The number of hydrogen-bond acceptors (Lipinski definition) is 2. The summed E-state index contributed by atoms with van der Waals surface area (Å²) < 4.78 is 0. The summed E-state index contributed by atoms with van der Waals surface area (Å²) in [6, 6.07) is 11.3. The summed E-state index contributed by atoms with van der Waals surface area (Å²) in [4.78, 5) is 16.6. The Kier molecular flexibility index (Phi) is 3.75. The van der Waals surface area contributed by atoms with Crippen LogP contribution in [0.2, 0.25) is 0 Å². The van der Waals surface area contributed by atoms with E-state index in [4.69, 9.17) is 0 Å². The van der Waals surface area contributed by atoms with Gasteiger partial charge in [0.15, 0.2) is 0 Å². The minimum Gasteiger partial charge on any atom is -0.303 e. The van der Waals surface area contributed by atoms with E-state index in [-0.39, 0.29) is 10.8 Å². The molecule has 3 saturated heterocycles. The van der Waals surface area contributed by atoms with Crippen LogP contribution in [-0.2, 0) is 10.2 Å². The number of piperidine rings is 3. The lowest BCUT2D eigenvalue weighted by molar-refractivity contribution is -0.160. The second kappa shape index (κ2) is 5.94. The molecule has 0 spiro atoms. The molecule has 6 bridgehead atoms. The molecule has 7 fully saturated rings. The average Bonchev–Trinajstić information content (AvgIpc) is 2.68. The summed E-state index contributed by atoms with van der Waals surface area (Å²) in [6.07, 6.45) is 11.0. The number of ketones is 1. The molecule has 1 aromatic rings. The maximum absolute atomic E-state index is 13.9. The summed E-state index contributed by atoms with van der Waals surface area (Å²) in [6.45, 7) is 6.25. The lowest BCUT2D eigenvalue weighted by Gasteiger charge is -2.66. The van der Waals surface area contributed by atoms with Crippen LogP contribution in [0, 0.1) is 28.6 Å². The molecule has 0 aromatic heterocycles. The molecule has 7 aliphatic rings. The van der Waals surface area contributed by atoms with Gasteiger partial charge in [0.1, 0.15) is 5.78 Å². The normalized spacial score (nSPS) is 48.8. The molecule has 28 heavy (non-hydrogen) atoms. The van der Waals surface area contributed by atoms with Crippen molar-refractivity contribution in [3.8, 4) is 0 Å². The zero-order chi connectivity index (χ0) is 19.0. The van der Waals surface area contributed by atoms with Crippen LogP contribution in [0.5, 0.6) is 0 Å². The van der Waals surface area contributed by atoms with E-state index in [1.54, 1.807) is 0 Å². The lowest BCUT2D eigenvalue weighted by atomic mass is 9.38. The van der Waals surface area contributed by atoms with E-state index in [1.807, 2.05) is 0 Å². The molecule has 0 N–H and O–H groups in total. The summed E-state index contributed by atoms with van der Waals surface area (Å²) in [5.41, 5.74) is 2.14. The molecule has 1 aromatic carbocycles. The molecule has 4 saturated carbocycles. The van der Waals surface area contributed by atoms with Crippen LogP contribution in [-0.4, -0.2) is 30.3 Å². The van der Waals surface area contributed by atoms with E-state index in [0.717, 1.165) is 24.7 Å². The molecule has 8 rings (SSSR count). The highest BCUT2D eigenvalue weighted by Crippen LogP contribution is 2.70. The zero-order valence-corrected chi connectivity index (χ0v) is 17.5. The van der Waals surface area contributed by atoms with Gasteiger partial charge in [-0.25, -0.2) is 0 Å². The highest BCUT2D eigenvalue weighted by Gasteiger charge is 2.64. The number of rotatable bonds is 4. The third-order valence-corrected chi connectivity index (χ3v) is 9.56. The van der Waals surface area contributed by atoms with Crippen molar-refractivity contribution in [3.05, 3.63) is 35.9 Å². The van der Waals surface area contributed by atoms with Crippen molar-refractivity contribution in [2.75, 3.05) is 19.6 Å². The number of carbonyl (C=O) groups is 1. The van der Waals surface area contributed by atoms with Crippen LogP contribution in [0.3, 0.4) is 0 Å². The van der Waals surface area contributed by atoms with Gasteiger partial charge in [-0.15, -0.1) is 0 Å². The zero-order valence-electron chi connectivity index (χ0n) is 17.5. The number of hydrogen-bond donors (Lipinski definition) is 0. The van der Waals surface area contributed by atoms with Gasteiger partial charge in [0, 0.05) is 18.4 Å². The Morgan fingerprint density at radius 3 is 2.50 bits per heavy atom. The quantitative estimate of drug-likeness (QED) is 0.717. The number of nitrogens with zero attached hydrogens (tertiary/aromatic N) is 1. The second-order valence-corrected chi connectivity index (χ2v) is 11.8. The van der Waals surface area contributed by atoms with E-state index < -0.39 is 0 Å². The van der Waals surface area contributed by atoms with Gasteiger partial charge < -0.3 is 4.90 Å². The highest BCUT2D eigenvalue weighted by molar-refractivity contribution is 5.86. The fourth-order valence-corrected chi connectivity index (χ4v) is 9.12. The van der Waals surface area contributed by atoms with Crippen LogP contribution in [0.15, 0.2) is 30.3 Å². The van der Waals surface area contributed by atoms with Gasteiger partial charge in [-0.1, -0.05) is 37.3 Å². The second-order valence-electron chi connectivity index (χ2n) is 11.8. The molecule has 3 aliphatic heterocycles. The fourth-order valence-electron chi connectivity index (χ4n) is 9.12. The lowest BCUT2D eigenvalue weighted by Crippen LogP contribution is -2.60. The summed E-state index contributed by atoms with van der Waals surface area (Å²) in [5.74, 6) is 2.88. The first kappa shape index (κ1) is 17.7. The Bertz CT molecular complexity index is 781. The van der Waals surface area contributed by atoms with Crippen LogP contribution in [0.25, 0.3) is 0 Å². The third-order valence-electron chi connectivity index (χ3n) is 9.56. The molecule has 5 atom stereocenters. The van der Waals surface area contributed by atoms with Crippen molar-refractivity contribution < 1.29 is 4.79 Å². The molecule has 2 heteroatoms. The molecular formula is C26H35NO. The van der Waals surface area contributed by atoms with Gasteiger partial charge in [-0.05, 0) is 98.6 Å². The van der Waals surface area contributed by atoms with Crippen molar-refractivity contribution in [1.82, 2.24) is 4.90 Å². The van der Waals surface area contributed by atoms with Crippen molar-refractivity contribution in [2.45, 2.75) is 70.1 Å². The molecular weight excluding hydrogens is 342 g/mol. The number of benzene rings is 1. The van der Waals surface area contributed by atoms with Gasteiger partial charge in [-0.2, -0.15) is 0 Å². The van der Waals surface area contributed by atoms with Crippen LogP contribution in [0.4, 0.5) is 0 Å². The van der Waals surface area contributed by atoms with E-state index in [0.29, 0.717) is 17.1 Å². The standard InChI is InChI=1S/C26H35NO/c1-24-12-19-13-25(16-24,22-5-3-2-4-6-22)18-26(14-19,17-24)23(28)11-21-15-27-9-7-20(21)8-10-27/h2-6,19-21H,7-18H2,1H3/t19?,21-,24?,25?,26?/m1/s1. The van der Waals surface area contributed by atoms with Gasteiger partial charge in [0.2, 0.25) is 0 Å². The smallest absolute Gasteiger partial charge is 0.139 e. The molecule has 150 valence electrons. The van der Waals surface area contributed by atoms with Crippen molar-refractivity contribution in [1.29, 1.82) is 0 Å².